The molecule has 0 heterocycles. The van der Waals surface area contributed by atoms with Crippen LogP contribution in [0.4, 0.5) is 11.4 Å². The third kappa shape index (κ3) is 2.83. The summed E-state index contributed by atoms with van der Waals surface area (Å²) in [6, 6.07) is 13.3. The average molecular weight is 278 g/mol. The van der Waals surface area contributed by atoms with E-state index < -0.39 is 0 Å². The number of ether oxygens (including phenoxy) is 1. The second-order valence-corrected chi connectivity index (χ2v) is 4.56. The van der Waals surface area contributed by atoms with Crippen molar-refractivity contribution >= 4 is 23.0 Å². The number of halogens is 1. The Kier molecular flexibility index (Phi) is 4.30. The highest BCUT2D eigenvalue weighted by Gasteiger charge is 2.11. The molecule has 0 amide bonds. The van der Waals surface area contributed by atoms with Gasteiger partial charge in [-0.1, -0.05) is 17.7 Å². The molecule has 19 heavy (non-hydrogen) atoms. The predicted molar refractivity (Wildman–Crippen MR) is 78.4 cm³/mol. The third-order valence-corrected chi connectivity index (χ3v) is 3.43. The van der Waals surface area contributed by atoms with Crippen LogP contribution in [-0.2, 0) is 6.61 Å². The lowest BCUT2D eigenvalue weighted by molar-refractivity contribution is 0.282. The topological polar surface area (TPSA) is 32.7 Å². The van der Waals surface area contributed by atoms with E-state index in [1.807, 2.05) is 48.3 Å². The van der Waals surface area contributed by atoms with E-state index in [0.29, 0.717) is 5.02 Å². The summed E-state index contributed by atoms with van der Waals surface area (Å²) in [5.41, 5.74) is 2.61. The van der Waals surface area contributed by atoms with Crippen LogP contribution in [-0.4, -0.2) is 19.3 Å². The normalized spacial score (nSPS) is 10.3. The molecule has 0 bridgehead atoms. The zero-order chi connectivity index (χ0) is 13.8. The van der Waals surface area contributed by atoms with E-state index in [2.05, 4.69) is 0 Å². The summed E-state index contributed by atoms with van der Waals surface area (Å²) in [6.07, 6.45) is 0. The Balaban J connectivity index is 2.37. The number of hydrogen-bond acceptors (Lipinski definition) is 3. The van der Waals surface area contributed by atoms with E-state index in [0.717, 1.165) is 22.7 Å². The molecule has 0 aliphatic heterocycles. The number of nitrogens with zero attached hydrogens (tertiary/aromatic N) is 1. The minimum absolute atomic E-state index is 0.0878. The quantitative estimate of drug-likeness (QED) is 0.927. The highest BCUT2D eigenvalue weighted by Crippen LogP contribution is 2.32. The van der Waals surface area contributed by atoms with Gasteiger partial charge in [-0.05, 0) is 36.4 Å². The molecule has 4 heteroatoms. The summed E-state index contributed by atoms with van der Waals surface area (Å²) in [5.74, 6) is 0.811. The lowest BCUT2D eigenvalue weighted by Crippen LogP contribution is -2.12. The van der Waals surface area contributed by atoms with Crippen LogP contribution >= 0.6 is 11.6 Å². The number of anilines is 2. The fourth-order valence-electron chi connectivity index (χ4n) is 1.96. The molecular weight excluding hydrogens is 262 g/mol. The Morgan fingerprint density at radius 2 is 1.84 bits per heavy atom. The smallest absolute Gasteiger partial charge is 0.119 e. The maximum Gasteiger partial charge on any atom is 0.119 e. The number of benzene rings is 2. The van der Waals surface area contributed by atoms with Gasteiger partial charge >= 0.3 is 0 Å². The van der Waals surface area contributed by atoms with Gasteiger partial charge in [0.2, 0.25) is 0 Å². The van der Waals surface area contributed by atoms with Crippen LogP contribution in [0.1, 0.15) is 5.56 Å². The maximum atomic E-state index is 9.45. The monoisotopic (exact) mass is 277 g/mol. The Bertz CT molecular complexity index is 555. The van der Waals surface area contributed by atoms with Gasteiger partial charge in [0.05, 0.1) is 13.7 Å². The van der Waals surface area contributed by atoms with Crippen LogP contribution in [0, 0.1) is 0 Å². The molecule has 100 valence electrons. The average Bonchev–Trinajstić information content (AvgIpc) is 2.46. The lowest BCUT2D eigenvalue weighted by atomic mass is 10.1. The van der Waals surface area contributed by atoms with Crippen molar-refractivity contribution in [3.63, 3.8) is 0 Å². The first kappa shape index (κ1) is 13.7. The van der Waals surface area contributed by atoms with E-state index in [4.69, 9.17) is 16.3 Å². The van der Waals surface area contributed by atoms with Crippen molar-refractivity contribution in [3.8, 4) is 5.75 Å². The third-order valence-electron chi connectivity index (χ3n) is 3.07. The molecular formula is C15H16ClNO2. The maximum absolute atomic E-state index is 9.45. The van der Waals surface area contributed by atoms with Gasteiger partial charge in [-0.3, -0.25) is 0 Å². The van der Waals surface area contributed by atoms with Crippen LogP contribution < -0.4 is 9.64 Å². The zero-order valence-corrected chi connectivity index (χ0v) is 11.7. The molecule has 1 N–H and O–H groups in total. The molecule has 2 aromatic rings. The summed E-state index contributed by atoms with van der Waals surface area (Å²) in [6.45, 7) is -0.0878. The lowest BCUT2D eigenvalue weighted by Gasteiger charge is -2.23. The van der Waals surface area contributed by atoms with Gasteiger partial charge in [-0.2, -0.15) is 0 Å². The molecule has 0 fully saturated rings. The zero-order valence-electron chi connectivity index (χ0n) is 10.9. The van der Waals surface area contributed by atoms with Gasteiger partial charge in [0, 0.05) is 29.0 Å². The molecule has 0 aliphatic rings. The summed E-state index contributed by atoms with van der Waals surface area (Å²) in [5, 5.41) is 10.0. The van der Waals surface area contributed by atoms with E-state index in [1.54, 1.807) is 13.2 Å². The number of rotatable bonds is 4. The molecule has 0 unspecified atom stereocenters. The molecule has 3 nitrogen and oxygen atoms in total. The van der Waals surface area contributed by atoms with Crippen LogP contribution in [0.15, 0.2) is 42.5 Å². The van der Waals surface area contributed by atoms with Gasteiger partial charge in [0.25, 0.3) is 0 Å². The number of aliphatic hydroxyl groups is 1. The van der Waals surface area contributed by atoms with Gasteiger partial charge in [0.15, 0.2) is 0 Å². The van der Waals surface area contributed by atoms with E-state index in [9.17, 15) is 5.11 Å². The van der Waals surface area contributed by atoms with Crippen LogP contribution in [0.5, 0.6) is 5.75 Å². The Labute approximate surface area is 118 Å². The summed E-state index contributed by atoms with van der Waals surface area (Å²) in [4.78, 5) is 1.98. The first-order chi connectivity index (χ1) is 9.17. The number of aliphatic hydroxyl groups excluding tert-OH is 1. The van der Waals surface area contributed by atoms with Gasteiger partial charge < -0.3 is 14.7 Å². The molecule has 0 atom stereocenters. The fourth-order valence-corrected chi connectivity index (χ4v) is 2.19. The van der Waals surface area contributed by atoms with Gasteiger partial charge in [-0.25, -0.2) is 0 Å². The molecule has 0 saturated carbocycles. The Hall–Kier alpha value is -1.71. The van der Waals surface area contributed by atoms with Crippen molar-refractivity contribution in [1.29, 1.82) is 0 Å². The molecule has 0 spiro atoms. The van der Waals surface area contributed by atoms with Crippen LogP contribution in [0.3, 0.4) is 0 Å². The molecule has 0 saturated heterocycles. The van der Waals surface area contributed by atoms with Crippen molar-refractivity contribution in [2.45, 2.75) is 6.61 Å². The second-order valence-electron chi connectivity index (χ2n) is 4.15. The molecule has 0 radical (unpaired) electrons. The second kappa shape index (κ2) is 5.95. The van der Waals surface area contributed by atoms with Crippen molar-refractivity contribution in [3.05, 3.63) is 53.1 Å². The minimum atomic E-state index is -0.0878. The summed E-state index contributed by atoms with van der Waals surface area (Å²) in [7, 11) is 3.58. The van der Waals surface area contributed by atoms with Crippen molar-refractivity contribution in [2.75, 3.05) is 19.1 Å². The Morgan fingerprint density at radius 3 is 2.42 bits per heavy atom. The van der Waals surface area contributed by atoms with E-state index >= 15 is 0 Å². The molecule has 2 aromatic carbocycles. The Morgan fingerprint density at radius 1 is 1.16 bits per heavy atom. The van der Waals surface area contributed by atoms with E-state index in [-0.39, 0.29) is 6.61 Å². The molecule has 2 rings (SSSR count). The highest BCUT2D eigenvalue weighted by molar-refractivity contribution is 6.31. The first-order valence-electron chi connectivity index (χ1n) is 5.93. The summed E-state index contributed by atoms with van der Waals surface area (Å²) >= 11 is 6.10. The highest BCUT2D eigenvalue weighted by atomic mass is 35.5. The SMILES string of the molecule is COc1ccc(N(C)c2cccc(Cl)c2CO)cc1. The fraction of sp³-hybridized carbons (Fsp3) is 0.200. The van der Waals surface area contributed by atoms with E-state index in [1.165, 1.54) is 0 Å². The van der Waals surface area contributed by atoms with Crippen molar-refractivity contribution < 1.29 is 9.84 Å². The molecule has 0 aromatic heterocycles. The van der Waals surface area contributed by atoms with Gasteiger partial charge in [0.1, 0.15) is 5.75 Å². The van der Waals surface area contributed by atoms with Crippen LogP contribution in [0.2, 0.25) is 5.02 Å². The largest absolute Gasteiger partial charge is 0.497 e. The van der Waals surface area contributed by atoms with Crippen LogP contribution in [0.25, 0.3) is 0 Å². The summed E-state index contributed by atoms with van der Waals surface area (Å²) < 4.78 is 5.14. The van der Waals surface area contributed by atoms with Crippen molar-refractivity contribution in [2.24, 2.45) is 0 Å². The number of methoxy groups -OCH3 is 1. The van der Waals surface area contributed by atoms with Gasteiger partial charge in [-0.15, -0.1) is 0 Å². The molecule has 0 aliphatic carbocycles. The number of hydrogen-bond donors (Lipinski definition) is 1. The first-order valence-corrected chi connectivity index (χ1v) is 6.31. The minimum Gasteiger partial charge on any atom is -0.497 e. The standard InChI is InChI=1S/C15H16ClNO2/c1-17(11-6-8-12(19-2)9-7-11)15-5-3-4-14(16)13(15)10-18/h3-9,18H,10H2,1-2H3. The van der Waals surface area contributed by atoms with Crippen molar-refractivity contribution in [1.82, 2.24) is 0 Å². The predicted octanol–water partition coefficient (Wildman–Crippen LogP) is 3.61.